The summed E-state index contributed by atoms with van der Waals surface area (Å²) in [6.07, 6.45) is 6.87. The number of ketones is 1. The van der Waals surface area contributed by atoms with Gasteiger partial charge in [0.2, 0.25) is 15.8 Å². The van der Waals surface area contributed by atoms with Gasteiger partial charge in [0.15, 0.2) is 11.5 Å². The van der Waals surface area contributed by atoms with Crippen molar-refractivity contribution in [3.63, 3.8) is 0 Å². The molecule has 170 valence electrons. The molecule has 9 nitrogen and oxygen atoms in total. The molecule has 2 aromatic heterocycles. The molecule has 0 radical (unpaired) electrons. The minimum Gasteiger partial charge on any atom is -0.382 e. The summed E-state index contributed by atoms with van der Waals surface area (Å²) in [6, 6.07) is 10.5. The third-order valence-electron chi connectivity index (χ3n) is 6.04. The van der Waals surface area contributed by atoms with Gasteiger partial charge in [-0.05, 0) is 37.1 Å². The predicted octanol–water partition coefficient (Wildman–Crippen LogP) is 1.82. The van der Waals surface area contributed by atoms with Gasteiger partial charge in [-0.25, -0.2) is 18.4 Å². The zero-order chi connectivity index (χ0) is 23.0. The van der Waals surface area contributed by atoms with Crippen LogP contribution in [-0.2, 0) is 10.0 Å². The first kappa shape index (κ1) is 21.6. The van der Waals surface area contributed by atoms with Gasteiger partial charge in [-0.1, -0.05) is 12.1 Å². The SMILES string of the molecule is Nc1ncc(-c2cccc(S(=O)(=O)N3CCN(C4CC4)CC3)c2)nc1C(=O)c1cccnc1. The van der Waals surface area contributed by atoms with Crippen LogP contribution in [0, 0.1) is 0 Å². The lowest BCUT2D eigenvalue weighted by molar-refractivity contribution is 0.103. The van der Waals surface area contributed by atoms with Gasteiger partial charge in [-0.2, -0.15) is 4.31 Å². The number of nitrogens with zero attached hydrogens (tertiary/aromatic N) is 5. The number of anilines is 1. The molecular formula is C23H24N6O3S. The quantitative estimate of drug-likeness (QED) is 0.548. The monoisotopic (exact) mass is 464 g/mol. The highest BCUT2D eigenvalue weighted by molar-refractivity contribution is 7.89. The van der Waals surface area contributed by atoms with Crippen LogP contribution in [0.4, 0.5) is 5.82 Å². The molecule has 1 aromatic carbocycles. The number of carbonyl (C=O) groups is 1. The molecule has 2 aliphatic rings. The second kappa shape index (κ2) is 8.62. The summed E-state index contributed by atoms with van der Waals surface area (Å²) in [4.78, 5) is 27.9. The topological polar surface area (TPSA) is 122 Å². The zero-order valence-corrected chi connectivity index (χ0v) is 18.8. The molecule has 1 saturated heterocycles. The number of sulfonamides is 1. The summed E-state index contributed by atoms with van der Waals surface area (Å²) >= 11 is 0. The van der Waals surface area contributed by atoms with Crippen LogP contribution in [0.3, 0.4) is 0 Å². The van der Waals surface area contributed by atoms with E-state index in [1.807, 2.05) is 0 Å². The van der Waals surface area contributed by atoms with E-state index in [0.29, 0.717) is 36.0 Å². The number of aromatic nitrogens is 3. The van der Waals surface area contributed by atoms with Crippen molar-refractivity contribution in [2.24, 2.45) is 0 Å². The Morgan fingerprint density at radius 2 is 1.82 bits per heavy atom. The van der Waals surface area contributed by atoms with E-state index in [2.05, 4.69) is 19.9 Å². The number of rotatable bonds is 6. The molecule has 33 heavy (non-hydrogen) atoms. The molecule has 0 unspecified atom stereocenters. The standard InChI is InChI=1S/C23H24N6O3S/c24-23-21(22(30)17-4-2-8-25-14-17)27-20(15-26-23)16-3-1-5-19(13-16)33(31,32)29-11-9-28(10-12-29)18-6-7-18/h1-5,8,13-15,18H,6-7,9-12H2,(H2,24,26). The fourth-order valence-electron chi connectivity index (χ4n) is 4.05. The Morgan fingerprint density at radius 3 is 2.52 bits per heavy atom. The van der Waals surface area contributed by atoms with Gasteiger partial charge < -0.3 is 5.73 Å². The molecule has 3 heterocycles. The first-order valence-electron chi connectivity index (χ1n) is 10.9. The fraction of sp³-hybridized carbons (Fsp3) is 0.304. The second-order valence-electron chi connectivity index (χ2n) is 8.26. The van der Waals surface area contributed by atoms with Gasteiger partial charge in [0.25, 0.3) is 0 Å². The van der Waals surface area contributed by atoms with Crippen LogP contribution in [0.15, 0.2) is 59.9 Å². The summed E-state index contributed by atoms with van der Waals surface area (Å²) in [5.41, 5.74) is 7.18. The van der Waals surface area contributed by atoms with E-state index in [0.717, 1.165) is 13.1 Å². The van der Waals surface area contributed by atoms with E-state index in [9.17, 15) is 13.2 Å². The molecule has 10 heteroatoms. The molecule has 3 aromatic rings. The van der Waals surface area contributed by atoms with E-state index in [1.165, 1.54) is 29.5 Å². The third-order valence-corrected chi connectivity index (χ3v) is 7.94. The smallest absolute Gasteiger partial charge is 0.243 e. The van der Waals surface area contributed by atoms with Crippen molar-refractivity contribution in [3.05, 3.63) is 66.2 Å². The molecule has 0 atom stereocenters. The summed E-state index contributed by atoms with van der Waals surface area (Å²) in [7, 11) is -3.64. The highest BCUT2D eigenvalue weighted by atomic mass is 32.2. The Kier molecular flexibility index (Phi) is 5.65. The average Bonchev–Trinajstić information content (AvgIpc) is 3.70. The van der Waals surface area contributed by atoms with E-state index in [1.54, 1.807) is 42.6 Å². The molecule has 2 fully saturated rings. The predicted molar refractivity (Wildman–Crippen MR) is 123 cm³/mol. The maximum absolute atomic E-state index is 13.3. The number of hydrogen-bond acceptors (Lipinski definition) is 8. The number of piperazine rings is 1. The number of benzene rings is 1. The highest BCUT2D eigenvalue weighted by Crippen LogP contribution is 2.29. The van der Waals surface area contributed by atoms with Crippen molar-refractivity contribution in [2.45, 2.75) is 23.8 Å². The average molecular weight is 465 g/mol. The summed E-state index contributed by atoms with van der Waals surface area (Å²) in [6.45, 7) is 2.47. The Balaban J connectivity index is 1.42. The van der Waals surface area contributed by atoms with Crippen molar-refractivity contribution in [2.75, 3.05) is 31.9 Å². The van der Waals surface area contributed by atoms with Crippen molar-refractivity contribution in [1.82, 2.24) is 24.2 Å². The number of nitrogens with two attached hydrogens (primary N) is 1. The summed E-state index contributed by atoms with van der Waals surface area (Å²) in [5.74, 6) is -0.392. The van der Waals surface area contributed by atoms with Crippen LogP contribution in [0.2, 0.25) is 0 Å². The number of hydrogen-bond donors (Lipinski definition) is 1. The lowest BCUT2D eigenvalue weighted by Gasteiger charge is -2.34. The lowest BCUT2D eigenvalue weighted by Crippen LogP contribution is -2.49. The number of pyridine rings is 1. The highest BCUT2D eigenvalue weighted by Gasteiger charge is 2.35. The minimum absolute atomic E-state index is 0.00455. The van der Waals surface area contributed by atoms with Gasteiger partial charge in [-0.3, -0.25) is 14.7 Å². The third kappa shape index (κ3) is 4.37. The number of nitrogen functional groups attached to an aromatic ring is 1. The Morgan fingerprint density at radius 1 is 1.03 bits per heavy atom. The van der Waals surface area contributed by atoms with Crippen molar-refractivity contribution in [3.8, 4) is 11.3 Å². The first-order valence-corrected chi connectivity index (χ1v) is 12.3. The summed E-state index contributed by atoms with van der Waals surface area (Å²) in [5, 5.41) is 0. The maximum atomic E-state index is 13.3. The molecule has 5 rings (SSSR count). The zero-order valence-electron chi connectivity index (χ0n) is 18.0. The Labute approximate surface area is 192 Å². The van der Waals surface area contributed by atoms with E-state index in [-0.39, 0.29) is 16.4 Å². The Hall–Kier alpha value is -3.21. The molecule has 2 N–H and O–H groups in total. The summed E-state index contributed by atoms with van der Waals surface area (Å²) < 4.78 is 28.1. The van der Waals surface area contributed by atoms with Gasteiger partial charge in [-0.15, -0.1) is 0 Å². The second-order valence-corrected chi connectivity index (χ2v) is 10.2. The molecule has 1 saturated carbocycles. The maximum Gasteiger partial charge on any atom is 0.243 e. The van der Waals surface area contributed by atoms with Gasteiger partial charge >= 0.3 is 0 Å². The van der Waals surface area contributed by atoms with Crippen LogP contribution >= 0.6 is 0 Å². The minimum atomic E-state index is -3.64. The van der Waals surface area contributed by atoms with E-state index in [4.69, 9.17) is 5.73 Å². The van der Waals surface area contributed by atoms with Crippen LogP contribution in [0.1, 0.15) is 28.9 Å². The first-order chi connectivity index (χ1) is 15.9. The Bertz CT molecular complexity index is 1290. The van der Waals surface area contributed by atoms with E-state index >= 15 is 0 Å². The molecule has 1 aliphatic carbocycles. The van der Waals surface area contributed by atoms with Crippen molar-refractivity contribution < 1.29 is 13.2 Å². The molecular weight excluding hydrogens is 440 g/mol. The van der Waals surface area contributed by atoms with Gasteiger partial charge in [0, 0.05) is 55.7 Å². The fourth-order valence-corrected chi connectivity index (χ4v) is 5.52. The lowest BCUT2D eigenvalue weighted by atomic mass is 10.1. The largest absolute Gasteiger partial charge is 0.382 e. The van der Waals surface area contributed by atoms with Crippen molar-refractivity contribution in [1.29, 1.82) is 0 Å². The van der Waals surface area contributed by atoms with Gasteiger partial charge in [0.05, 0.1) is 16.8 Å². The number of carbonyl (C=O) groups excluding carboxylic acids is 1. The molecule has 0 bridgehead atoms. The molecule has 0 spiro atoms. The molecule has 1 aliphatic heterocycles. The van der Waals surface area contributed by atoms with Crippen LogP contribution < -0.4 is 5.73 Å². The van der Waals surface area contributed by atoms with E-state index < -0.39 is 15.8 Å². The van der Waals surface area contributed by atoms with Crippen LogP contribution in [0.5, 0.6) is 0 Å². The molecule has 0 amide bonds. The normalized spacial score (nSPS) is 17.7. The van der Waals surface area contributed by atoms with Crippen LogP contribution in [-0.4, -0.2) is 70.6 Å². The van der Waals surface area contributed by atoms with Gasteiger partial charge in [0.1, 0.15) is 0 Å². The van der Waals surface area contributed by atoms with Crippen LogP contribution in [0.25, 0.3) is 11.3 Å². The van der Waals surface area contributed by atoms with Crippen molar-refractivity contribution >= 4 is 21.6 Å².